The smallest absolute Gasteiger partial charge is 0.308 e. The molecule has 1 aliphatic rings. The van der Waals surface area contributed by atoms with Gasteiger partial charge < -0.3 is 4.74 Å². The monoisotopic (exact) mass is 607 g/mol. The summed E-state index contributed by atoms with van der Waals surface area (Å²) < 4.78 is 64.4. The van der Waals surface area contributed by atoms with Crippen LogP contribution < -0.4 is 14.3 Å². The Bertz CT molecular complexity index is 1810. The Morgan fingerprint density at radius 1 is 0.974 bits per heavy atom. The van der Waals surface area contributed by atoms with Crippen LogP contribution in [0.2, 0.25) is 5.02 Å². The number of methoxy groups -OCH3 is 1. The lowest BCUT2D eigenvalue weighted by Gasteiger charge is -2.26. The fraction of sp³-hybridized carbons (Fsp3) is 0.269. The first kappa shape index (κ1) is 27.7. The van der Waals surface area contributed by atoms with Crippen LogP contribution >= 0.6 is 22.9 Å². The van der Waals surface area contributed by atoms with Crippen LogP contribution in [0.3, 0.4) is 0 Å². The van der Waals surface area contributed by atoms with Crippen molar-refractivity contribution in [1.29, 1.82) is 0 Å². The number of halogens is 1. The molecule has 206 valence electrons. The Hall–Kier alpha value is -2.90. The van der Waals surface area contributed by atoms with Crippen LogP contribution in [-0.4, -0.2) is 45.9 Å². The lowest BCUT2D eigenvalue weighted by Crippen LogP contribution is -2.35. The van der Waals surface area contributed by atoms with Gasteiger partial charge in [-0.05, 0) is 60.9 Å². The van der Waals surface area contributed by atoms with E-state index in [4.69, 9.17) is 16.3 Å². The third-order valence-corrected chi connectivity index (χ3v) is 11.2. The van der Waals surface area contributed by atoms with Crippen LogP contribution in [-0.2, 0) is 26.6 Å². The summed E-state index contributed by atoms with van der Waals surface area (Å²) in [6.45, 7) is 1.06. The second-order valence-corrected chi connectivity index (χ2v) is 14.1. The maximum Gasteiger partial charge on any atom is 0.308 e. The maximum absolute atomic E-state index is 13.3. The van der Waals surface area contributed by atoms with Gasteiger partial charge in [0.25, 0.3) is 10.0 Å². The Labute approximate surface area is 235 Å². The van der Waals surface area contributed by atoms with Crippen LogP contribution in [0.15, 0.2) is 75.2 Å². The molecular formula is C26H26ClN3O6S3. The summed E-state index contributed by atoms with van der Waals surface area (Å²) in [6, 6.07) is 15.8. The van der Waals surface area contributed by atoms with Crippen LogP contribution in [0.4, 0.5) is 5.69 Å². The molecule has 0 radical (unpaired) electrons. The van der Waals surface area contributed by atoms with Crippen molar-refractivity contribution in [3.8, 4) is 5.75 Å². The maximum atomic E-state index is 13.3. The van der Waals surface area contributed by atoms with Crippen molar-refractivity contribution in [3.63, 3.8) is 0 Å². The summed E-state index contributed by atoms with van der Waals surface area (Å²) in [5.41, 5.74) is 1.44. The van der Waals surface area contributed by atoms with Gasteiger partial charge >= 0.3 is 4.87 Å². The summed E-state index contributed by atoms with van der Waals surface area (Å²) in [6.07, 6.45) is 2.50. The van der Waals surface area contributed by atoms with E-state index in [1.807, 2.05) is 12.1 Å². The van der Waals surface area contributed by atoms with Gasteiger partial charge in [0.15, 0.2) is 0 Å². The van der Waals surface area contributed by atoms with Crippen molar-refractivity contribution in [2.24, 2.45) is 0 Å². The molecule has 1 aliphatic heterocycles. The number of hydrogen-bond acceptors (Lipinski definition) is 7. The molecule has 1 fully saturated rings. The van der Waals surface area contributed by atoms with E-state index >= 15 is 0 Å². The standard InChI is InChI=1S/C26H26ClN3O6S3/c1-36-23-12-9-19(15-25(23)39(34,35)29-13-5-2-6-14-29)28-38(32,33)20-10-11-22-24(16-20)37-26(31)30(22)17-18-7-3-4-8-21(18)27/h3-4,7-12,15-16,28H,2,5-6,13-14,17H2,1H3. The predicted octanol–water partition coefficient (Wildman–Crippen LogP) is 4.75. The zero-order valence-corrected chi connectivity index (χ0v) is 24.2. The number of fused-ring (bicyclic) bond motifs is 1. The molecule has 0 bridgehead atoms. The van der Waals surface area contributed by atoms with Gasteiger partial charge in [-0.15, -0.1) is 0 Å². The zero-order valence-electron chi connectivity index (χ0n) is 21.0. The molecule has 4 aromatic rings. The third-order valence-electron chi connectivity index (χ3n) is 6.59. The average Bonchev–Trinajstić information content (AvgIpc) is 3.24. The second kappa shape index (κ2) is 10.9. The lowest BCUT2D eigenvalue weighted by molar-refractivity contribution is 0.343. The van der Waals surface area contributed by atoms with Crippen LogP contribution in [0, 0.1) is 0 Å². The number of benzene rings is 3. The van der Waals surface area contributed by atoms with Gasteiger partial charge in [0.05, 0.1) is 34.5 Å². The fourth-order valence-corrected chi connectivity index (χ4v) is 8.53. The lowest BCUT2D eigenvalue weighted by atomic mass is 10.2. The normalized spacial score (nSPS) is 14.9. The summed E-state index contributed by atoms with van der Waals surface area (Å²) in [7, 11) is -6.62. The topological polar surface area (TPSA) is 115 Å². The van der Waals surface area contributed by atoms with Gasteiger partial charge in [0.1, 0.15) is 10.6 Å². The van der Waals surface area contributed by atoms with E-state index < -0.39 is 20.0 Å². The van der Waals surface area contributed by atoms with E-state index in [1.54, 1.807) is 22.8 Å². The van der Waals surface area contributed by atoms with Crippen LogP contribution in [0.1, 0.15) is 24.8 Å². The number of piperidine rings is 1. The van der Waals surface area contributed by atoms with Gasteiger partial charge in [-0.3, -0.25) is 14.1 Å². The molecule has 0 aliphatic carbocycles. The van der Waals surface area contributed by atoms with E-state index in [-0.39, 0.29) is 32.6 Å². The summed E-state index contributed by atoms with van der Waals surface area (Å²) in [4.78, 5) is 12.3. The van der Waals surface area contributed by atoms with E-state index in [0.717, 1.165) is 36.2 Å². The van der Waals surface area contributed by atoms with Gasteiger partial charge in [-0.2, -0.15) is 4.31 Å². The minimum atomic E-state index is -4.11. The number of sulfonamides is 2. The molecule has 3 aromatic carbocycles. The summed E-state index contributed by atoms with van der Waals surface area (Å²) in [5.74, 6) is 0.134. The molecule has 0 atom stereocenters. The number of thiazole rings is 1. The molecule has 0 spiro atoms. The first-order chi connectivity index (χ1) is 18.6. The molecule has 39 heavy (non-hydrogen) atoms. The largest absolute Gasteiger partial charge is 0.495 e. The van der Waals surface area contributed by atoms with Crippen molar-refractivity contribution in [3.05, 3.63) is 80.9 Å². The molecular weight excluding hydrogens is 582 g/mol. The molecule has 1 saturated heterocycles. The summed E-state index contributed by atoms with van der Waals surface area (Å²) in [5, 5.41) is 0.535. The van der Waals surface area contributed by atoms with Gasteiger partial charge in [0, 0.05) is 18.1 Å². The number of ether oxygens (including phenoxy) is 1. The second-order valence-electron chi connectivity index (χ2n) is 9.11. The van der Waals surface area contributed by atoms with Gasteiger partial charge in [0.2, 0.25) is 10.0 Å². The molecule has 13 heteroatoms. The molecule has 9 nitrogen and oxygen atoms in total. The molecule has 5 rings (SSSR count). The van der Waals surface area contributed by atoms with E-state index in [9.17, 15) is 21.6 Å². The number of anilines is 1. The van der Waals surface area contributed by atoms with Crippen LogP contribution in [0.5, 0.6) is 5.75 Å². The minimum absolute atomic E-state index is 0.0580. The van der Waals surface area contributed by atoms with E-state index in [0.29, 0.717) is 28.3 Å². The molecule has 2 heterocycles. The van der Waals surface area contributed by atoms with Crippen molar-refractivity contribution in [2.45, 2.75) is 35.6 Å². The van der Waals surface area contributed by atoms with Crippen LogP contribution in [0.25, 0.3) is 10.2 Å². The SMILES string of the molecule is COc1ccc(NS(=O)(=O)c2ccc3c(c2)sc(=O)n3Cc2ccccc2Cl)cc1S(=O)(=O)N1CCCCC1. The van der Waals surface area contributed by atoms with Gasteiger partial charge in [-0.1, -0.05) is 47.6 Å². The highest BCUT2D eigenvalue weighted by atomic mass is 35.5. The number of rotatable bonds is 8. The molecule has 0 amide bonds. The van der Waals surface area contributed by atoms with Crippen molar-refractivity contribution < 1.29 is 21.6 Å². The predicted molar refractivity (Wildman–Crippen MR) is 153 cm³/mol. The highest BCUT2D eigenvalue weighted by Crippen LogP contribution is 2.32. The highest BCUT2D eigenvalue weighted by Gasteiger charge is 2.30. The minimum Gasteiger partial charge on any atom is -0.495 e. The zero-order chi connectivity index (χ0) is 27.8. The molecule has 0 saturated carbocycles. The highest BCUT2D eigenvalue weighted by molar-refractivity contribution is 7.92. The van der Waals surface area contributed by atoms with Crippen molar-refractivity contribution in [2.75, 3.05) is 24.9 Å². The van der Waals surface area contributed by atoms with Gasteiger partial charge in [-0.25, -0.2) is 16.8 Å². The van der Waals surface area contributed by atoms with Crippen molar-refractivity contribution >= 4 is 58.9 Å². The molecule has 1 aromatic heterocycles. The summed E-state index contributed by atoms with van der Waals surface area (Å²) >= 11 is 7.20. The van der Waals surface area contributed by atoms with Crippen molar-refractivity contribution in [1.82, 2.24) is 8.87 Å². The number of hydrogen-bond donors (Lipinski definition) is 1. The third kappa shape index (κ3) is 5.57. The molecule has 1 N–H and O–H groups in total. The number of nitrogens with zero attached hydrogens (tertiary/aromatic N) is 2. The average molecular weight is 608 g/mol. The Kier molecular flexibility index (Phi) is 7.75. The Balaban J connectivity index is 1.45. The van der Waals surface area contributed by atoms with E-state index in [1.165, 1.54) is 41.7 Å². The Morgan fingerprint density at radius 2 is 1.72 bits per heavy atom. The fourth-order valence-electron chi connectivity index (χ4n) is 4.56. The van der Waals surface area contributed by atoms with E-state index in [2.05, 4.69) is 4.72 Å². The Morgan fingerprint density at radius 3 is 2.44 bits per heavy atom. The first-order valence-electron chi connectivity index (χ1n) is 12.2. The number of aromatic nitrogens is 1. The quantitative estimate of drug-likeness (QED) is 0.309. The molecule has 0 unspecified atom stereocenters. The number of nitrogens with one attached hydrogen (secondary N) is 1. The first-order valence-corrected chi connectivity index (χ1v) is 16.3.